The van der Waals surface area contributed by atoms with Crippen LogP contribution >= 0.6 is 11.3 Å². The molecule has 2 rings (SSSR count). The first kappa shape index (κ1) is 14.9. The number of para-hydroxylation sites is 1. The van der Waals surface area contributed by atoms with Gasteiger partial charge in [-0.25, -0.2) is 0 Å². The van der Waals surface area contributed by atoms with E-state index in [-0.39, 0.29) is 5.75 Å². The molecule has 0 amide bonds. The van der Waals surface area contributed by atoms with Gasteiger partial charge in [-0.3, -0.25) is 0 Å². The zero-order chi connectivity index (χ0) is 14.8. The SMILES string of the molecule is CC(N)C(Oc1ccccc1C(F)(F)F)c1cccs1. The number of nitrogens with two attached hydrogens (primary N) is 1. The normalized spacial score (nSPS) is 14.8. The van der Waals surface area contributed by atoms with E-state index in [1.54, 1.807) is 13.0 Å². The van der Waals surface area contributed by atoms with Crippen molar-refractivity contribution in [3.05, 3.63) is 52.2 Å². The number of halogens is 3. The highest BCUT2D eigenvalue weighted by Gasteiger charge is 2.35. The van der Waals surface area contributed by atoms with Crippen molar-refractivity contribution in [3.63, 3.8) is 0 Å². The summed E-state index contributed by atoms with van der Waals surface area (Å²) in [6, 6.07) is 8.35. The van der Waals surface area contributed by atoms with Gasteiger partial charge in [0.1, 0.15) is 11.9 Å². The Bertz CT molecular complexity index is 552. The Hall–Kier alpha value is -1.53. The Morgan fingerprint density at radius 2 is 1.85 bits per heavy atom. The number of hydrogen-bond acceptors (Lipinski definition) is 3. The molecule has 0 saturated carbocycles. The van der Waals surface area contributed by atoms with Crippen molar-refractivity contribution in [3.8, 4) is 5.75 Å². The number of alkyl halides is 3. The third-order valence-electron chi connectivity index (χ3n) is 2.75. The van der Waals surface area contributed by atoms with Gasteiger partial charge in [-0.15, -0.1) is 11.3 Å². The summed E-state index contributed by atoms with van der Waals surface area (Å²) in [5.41, 5.74) is 5.05. The molecule has 0 saturated heterocycles. The maximum absolute atomic E-state index is 12.9. The second kappa shape index (κ2) is 5.85. The summed E-state index contributed by atoms with van der Waals surface area (Å²) in [4.78, 5) is 0.803. The Labute approximate surface area is 119 Å². The van der Waals surface area contributed by atoms with Crippen LogP contribution < -0.4 is 10.5 Å². The molecular weight excluding hydrogens is 287 g/mol. The van der Waals surface area contributed by atoms with Crippen LogP contribution in [0, 0.1) is 0 Å². The highest BCUT2D eigenvalue weighted by Crippen LogP contribution is 2.38. The van der Waals surface area contributed by atoms with E-state index in [4.69, 9.17) is 10.5 Å². The van der Waals surface area contributed by atoms with Crippen LogP contribution in [0.1, 0.15) is 23.5 Å². The molecule has 2 N–H and O–H groups in total. The molecule has 1 aromatic heterocycles. The molecule has 0 aliphatic rings. The van der Waals surface area contributed by atoms with Crippen LogP contribution in [0.4, 0.5) is 13.2 Å². The molecule has 0 fully saturated rings. The van der Waals surface area contributed by atoms with E-state index in [0.717, 1.165) is 10.9 Å². The monoisotopic (exact) mass is 301 g/mol. The summed E-state index contributed by atoms with van der Waals surface area (Å²) in [6.07, 6.45) is -5.05. The Balaban J connectivity index is 2.33. The summed E-state index contributed by atoms with van der Waals surface area (Å²) in [5.74, 6) is -0.198. The van der Waals surface area contributed by atoms with Crippen molar-refractivity contribution in [1.29, 1.82) is 0 Å². The average Bonchev–Trinajstić information content (AvgIpc) is 2.88. The standard InChI is InChI=1S/C14H14F3NOS/c1-9(18)13(12-7-4-8-20-12)19-11-6-3-2-5-10(11)14(15,16)17/h2-9,13H,18H2,1H3. The largest absolute Gasteiger partial charge is 0.483 e. The lowest BCUT2D eigenvalue weighted by Crippen LogP contribution is -2.29. The van der Waals surface area contributed by atoms with Crippen LogP contribution in [0.15, 0.2) is 41.8 Å². The fourth-order valence-corrected chi connectivity index (χ4v) is 2.69. The number of benzene rings is 1. The van der Waals surface area contributed by atoms with Crippen LogP contribution in [0.2, 0.25) is 0 Å². The van der Waals surface area contributed by atoms with E-state index in [1.165, 1.54) is 29.5 Å². The lowest BCUT2D eigenvalue weighted by molar-refractivity contribution is -0.139. The van der Waals surface area contributed by atoms with Crippen LogP contribution in [0.3, 0.4) is 0 Å². The van der Waals surface area contributed by atoms with Gasteiger partial charge in [-0.2, -0.15) is 13.2 Å². The zero-order valence-electron chi connectivity index (χ0n) is 10.7. The van der Waals surface area contributed by atoms with Crippen LogP contribution in [-0.2, 0) is 6.18 Å². The minimum absolute atomic E-state index is 0.198. The number of rotatable bonds is 4. The van der Waals surface area contributed by atoms with Crippen molar-refractivity contribution >= 4 is 11.3 Å². The summed E-state index contributed by atoms with van der Waals surface area (Å²) in [5, 5.41) is 1.84. The van der Waals surface area contributed by atoms with Gasteiger partial charge in [0.25, 0.3) is 0 Å². The molecule has 2 atom stereocenters. The summed E-state index contributed by atoms with van der Waals surface area (Å²) in [7, 11) is 0. The molecule has 2 unspecified atom stereocenters. The first-order valence-electron chi connectivity index (χ1n) is 6.01. The molecular formula is C14H14F3NOS. The van der Waals surface area contributed by atoms with E-state index in [2.05, 4.69) is 0 Å². The van der Waals surface area contributed by atoms with Gasteiger partial charge in [0.2, 0.25) is 0 Å². The molecule has 108 valence electrons. The summed E-state index contributed by atoms with van der Waals surface area (Å²) < 4.78 is 44.3. The van der Waals surface area contributed by atoms with Gasteiger partial charge in [0.05, 0.1) is 5.56 Å². The first-order chi connectivity index (χ1) is 9.39. The molecule has 0 spiro atoms. The minimum Gasteiger partial charge on any atom is -0.483 e. The quantitative estimate of drug-likeness (QED) is 0.917. The third-order valence-corrected chi connectivity index (χ3v) is 3.68. The summed E-state index contributed by atoms with van der Waals surface area (Å²) in [6.45, 7) is 1.71. The lowest BCUT2D eigenvalue weighted by Gasteiger charge is -2.23. The van der Waals surface area contributed by atoms with Crippen molar-refractivity contribution < 1.29 is 17.9 Å². The molecule has 0 aliphatic carbocycles. The summed E-state index contributed by atoms with van der Waals surface area (Å²) >= 11 is 1.41. The number of thiophene rings is 1. The van der Waals surface area contributed by atoms with Crippen LogP contribution in [0.5, 0.6) is 5.75 Å². The second-order valence-corrected chi connectivity index (χ2v) is 5.39. The molecule has 1 heterocycles. The van der Waals surface area contributed by atoms with Crippen LogP contribution in [0.25, 0.3) is 0 Å². The van der Waals surface area contributed by atoms with Gasteiger partial charge in [0, 0.05) is 10.9 Å². The van der Waals surface area contributed by atoms with Gasteiger partial charge < -0.3 is 10.5 Å². The van der Waals surface area contributed by atoms with Gasteiger partial charge in [-0.1, -0.05) is 18.2 Å². The fourth-order valence-electron chi connectivity index (χ4n) is 1.82. The van der Waals surface area contributed by atoms with Crippen molar-refractivity contribution in [2.75, 3.05) is 0 Å². The maximum atomic E-state index is 12.9. The highest BCUT2D eigenvalue weighted by molar-refractivity contribution is 7.10. The molecule has 2 nitrogen and oxygen atoms in total. The highest BCUT2D eigenvalue weighted by atomic mass is 32.1. The van der Waals surface area contributed by atoms with Gasteiger partial charge >= 0.3 is 6.18 Å². The smallest absolute Gasteiger partial charge is 0.419 e. The van der Waals surface area contributed by atoms with E-state index in [9.17, 15) is 13.2 Å². The van der Waals surface area contributed by atoms with Crippen molar-refractivity contribution in [2.45, 2.75) is 25.2 Å². The molecule has 2 aromatic rings. The third kappa shape index (κ3) is 3.32. The lowest BCUT2D eigenvalue weighted by atomic mass is 10.1. The number of hydrogen-bond donors (Lipinski definition) is 1. The molecule has 0 aliphatic heterocycles. The average molecular weight is 301 g/mol. The molecule has 6 heteroatoms. The predicted molar refractivity (Wildman–Crippen MR) is 72.8 cm³/mol. The van der Waals surface area contributed by atoms with E-state index in [1.807, 2.05) is 11.4 Å². The van der Waals surface area contributed by atoms with E-state index >= 15 is 0 Å². The molecule has 1 aromatic carbocycles. The first-order valence-corrected chi connectivity index (χ1v) is 6.89. The van der Waals surface area contributed by atoms with E-state index < -0.39 is 23.9 Å². The van der Waals surface area contributed by atoms with E-state index in [0.29, 0.717) is 0 Å². The zero-order valence-corrected chi connectivity index (χ0v) is 11.5. The molecule has 20 heavy (non-hydrogen) atoms. The van der Waals surface area contributed by atoms with Crippen molar-refractivity contribution in [2.24, 2.45) is 5.73 Å². The van der Waals surface area contributed by atoms with Gasteiger partial charge in [-0.05, 0) is 30.5 Å². The Kier molecular flexibility index (Phi) is 4.35. The van der Waals surface area contributed by atoms with Gasteiger partial charge in [0.15, 0.2) is 0 Å². The Morgan fingerprint density at radius 1 is 1.15 bits per heavy atom. The minimum atomic E-state index is -4.45. The molecule has 0 bridgehead atoms. The fraction of sp³-hybridized carbons (Fsp3) is 0.286. The Morgan fingerprint density at radius 3 is 2.40 bits per heavy atom. The van der Waals surface area contributed by atoms with Crippen molar-refractivity contribution in [1.82, 2.24) is 0 Å². The molecule has 0 radical (unpaired) electrons. The maximum Gasteiger partial charge on any atom is 0.419 e. The second-order valence-electron chi connectivity index (χ2n) is 4.41. The van der Waals surface area contributed by atoms with Crippen LogP contribution in [-0.4, -0.2) is 6.04 Å². The topological polar surface area (TPSA) is 35.2 Å². The predicted octanol–water partition coefficient (Wildman–Crippen LogP) is 4.23. The number of ether oxygens (including phenoxy) is 1.